The summed E-state index contributed by atoms with van der Waals surface area (Å²) in [7, 11) is 0. The van der Waals surface area contributed by atoms with Crippen LogP contribution in [0.3, 0.4) is 0 Å². The lowest BCUT2D eigenvalue weighted by atomic mass is 10.3. The minimum atomic E-state index is -0.566. The van der Waals surface area contributed by atoms with Crippen LogP contribution in [0.2, 0.25) is 0 Å². The minimum absolute atomic E-state index is 0.120. The molecule has 1 saturated heterocycles. The van der Waals surface area contributed by atoms with Crippen molar-refractivity contribution in [2.75, 3.05) is 13.2 Å². The summed E-state index contributed by atoms with van der Waals surface area (Å²) >= 11 is 0. The van der Waals surface area contributed by atoms with Crippen LogP contribution in [-0.4, -0.2) is 36.1 Å². The average molecular weight is 226 g/mol. The molecule has 2 heterocycles. The number of aromatic nitrogens is 1. The highest BCUT2D eigenvalue weighted by Gasteiger charge is 2.32. The maximum Gasteiger partial charge on any atom is 0.273 e. The van der Waals surface area contributed by atoms with Gasteiger partial charge in [-0.2, -0.15) is 0 Å². The maximum absolute atomic E-state index is 11.5. The summed E-state index contributed by atoms with van der Waals surface area (Å²) in [6.45, 7) is 4.56. The van der Waals surface area contributed by atoms with E-state index in [0.717, 1.165) is 0 Å². The summed E-state index contributed by atoms with van der Waals surface area (Å²) in [6, 6.07) is 1.51. The molecule has 0 aromatic carbocycles. The summed E-state index contributed by atoms with van der Waals surface area (Å²) in [5, 5.41) is 6.23. The molecule has 1 atom stereocenters. The molecule has 6 nitrogen and oxygen atoms in total. The van der Waals surface area contributed by atoms with Crippen molar-refractivity contribution in [2.45, 2.75) is 25.7 Å². The number of rotatable bonds is 3. The first-order valence-electron chi connectivity index (χ1n) is 5.07. The molecule has 1 fully saturated rings. The van der Waals surface area contributed by atoms with Crippen LogP contribution < -0.4 is 5.32 Å². The zero-order valence-electron chi connectivity index (χ0n) is 9.23. The molecular weight excluding hydrogens is 212 g/mol. The van der Waals surface area contributed by atoms with Gasteiger partial charge in [0.25, 0.3) is 5.91 Å². The van der Waals surface area contributed by atoms with Gasteiger partial charge in [0.05, 0.1) is 6.61 Å². The molecule has 16 heavy (non-hydrogen) atoms. The van der Waals surface area contributed by atoms with Crippen LogP contribution in [0.1, 0.15) is 24.3 Å². The predicted octanol–water partition coefficient (Wildman–Crippen LogP) is 0.556. The Balaban J connectivity index is 1.79. The number of hydrogen-bond donors (Lipinski definition) is 1. The number of ether oxygens (including phenoxy) is 2. The van der Waals surface area contributed by atoms with E-state index in [0.29, 0.717) is 13.2 Å². The molecule has 1 unspecified atom stereocenters. The summed E-state index contributed by atoms with van der Waals surface area (Å²) in [6.07, 6.45) is 1.23. The van der Waals surface area contributed by atoms with Crippen molar-refractivity contribution in [3.8, 4) is 0 Å². The van der Waals surface area contributed by atoms with Crippen LogP contribution >= 0.6 is 0 Å². The Kier molecular flexibility index (Phi) is 2.93. The molecular formula is C10H14N2O4. The van der Waals surface area contributed by atoms with E-state index in [-0.39, 0.29) is 17.7 Å². The zero-order chi connectivity index (χ0) is 11.6. The Bertz CT molecular complexity index is 361. The van der Waals surface area contributed by atoms with E-state index in [1.165, 1.54) is 12.3 Å². The summed E-state index contributed by atoms with van der Waals surface area (Å²) in [4.78, 5) is 11.5. The van der Waals surface area contributed by atoms with Crippen LogP contribution in [-0.2, 0) is 9.47 Å². The highest BCUT2D eigenvalue weighted by Crippen LogP contribution is 2.21. The van der Waals surface area contributed by atoms with Crippen molar-refractivity contribution < 1.29 is 18.8 Å². The van der Waals surface area contributed by atoms with Crippen molar-refractivity contribution in [3.05, 3.63) is 18.0 Å². The number of nitrogens with one attached hydrogen (secondary N) is 1. The lowest BCUT2D eigenvalue weighted by Gasteiger charge is -2.17. The molecule has 2 rings (SSSR count). The average Bonchev–Trinajstić information content (AvgIpc) is 2.83. The van der Waals surface area contributed by atoms with Gasteiger partial charge in [0.2, 0.25) is 0 Å². The third-order valence-electron chi connectivity index (χ3n) is 2.23. The zero-order valence-corrected chi connectivity index (χ0v) is 9.23. The molecule has 88 valence electrons. The van der Waals surface area contributed by atoms with E-state index in [1.54, 1.807) is 0 Å². The summed E-state index contributed by atoms with van der Waals surface area (Å²) in [5.74, 6) is -0.842. The third kappa shape index (κ3) is 2.59. The van der Waals surface area contributed by atoms with Gasteiger partial charge in [-0.3, -0.25) is 4.79 Å². The van der Waals surface area contributed by atoms with Crippen molar-refractivity contribution in [3.63, 3.8) is 0 Å². The van der Waals surface area contributed by atoms with Gasteiger partial charge in [-0.15, -0.1) is 0 Å². The molecule has 0 spiro atoms. The van der Waals surface area contributed by atoms with Gasteiger partial charge in [-0.1, -0.05) is 5.16 Å². The Labute approximate surface area is 92.9 Å². The monoisotopic (exact) mass is 226 g/mol. The predicted molar refractivity (Wildman–Crippen MR) is 53.7 cm³/mol. The number of carbonyl (C=O) groups is 1. The van der Waals surface area contributed by atoms with E-state index in [2.05, 4.69) is 15.0 Å². The second-order valence-corrected chi connectivity index (χ2v) is 4.05. The molecule has 0 radical (unpaired) electrons. The molecule has 0 bridgehead atoms. The first-order valence-corrected chi connectivity index (χ1v) is 5.07. The first kappa shape index (κ1) is 11.1. The standard InChI is InChI=1S/C10H14N2O4/c1-10(2)14-6-7(16-10)5-11-9(13)8-3-4-15-12-8/h3-4,7H,5-6H2,1-2H3,(H,11,13). The van der Waals surface area contributed by atoms with E-state index in [1.807, 2.05) is 13.8 Å². The van der Waals surface area contributed by atoms with Crippen molar-refractivity contribution >= 4 is 5.91 Å². The lowest BCUT2D eigenvalue weighted by Crippen LogP contribution is -2.34. The topological polar surface area (TPSA) is 73.6 Å². The van der Waals surface area contributed by atoms with Crippen molar-refractivity contribution in [1.29, 1.82) is 0 Å². The maximum atomic E-state index is 11.5. The van der Waals surface area contributed by atoms with Crippen LogP contribution in [0.5, 0.6) is 0 Å². The largest absolute Gasteiger partial charge is 0.364 e. The Morgan fingerprint density at radius 1 is 1.69 bits per heavy atom. The highest BCUT2D eigenvalue weighted by molar-refractivity contribution is 5.91. The smallest absolute Gasteiger partial charge is 0.273 e. The fourth-order valence-electron chi connectivity index (χ4n) is 1.49. The number of amides is 1. The Hall–Kier alpha value is -1.40. The quantitative estimate of drug-likeness (QED) is 0.815. The SMILES string of the molecule is CC1(C)OCC(CNC(=O)c2ccon2)O1. The first-order chi connectivity index (χ1) is 7.57. The molecule has 1 aromatic rings. The minimum Gasteiger partial charge on any atom is -0.364 e. The Morgan fingerprint density at radius 2 is 2.50 bits per heavy atom. The molecule has 1 aromatic heterocycles. The lowest BCUT2D eigenvalue weighted by molar-refractivity contribution is -0.137. The van der Waals surface area contributed by atoms with E-state index < -0.39 is 5.79 Å². The van der Waals surface area contributed by atoms with E-state index in [4.69, 9.17) is 9.47 Å². The fraction of sp³-hybridized carbons (Fsp3) is 0.600. The number of hydrogen-bond acceptors (Lipinski definition) is 5. The molecule has 1 aliphatic rings. The highest BCUT2D eigenvalue weighted by atomic mass is 16.7. The number of carbonyl (C=O) groups excluding carboxylic acids is 1. The summed E-state index contributed by atoms with van der Waals surface area (Å²) < 4.78 is 15.5. The van der Waals surface area contributed by atoms with Crippen molar-refractivity contribution in [2.24, 2.45) is 0 Å². The van der Waals surface area contributed by atoms with E-state index in [9.17, 15) is 4.79 Å². The second kappa shape index (κ2) is 4.23. The van der Waals surface area contributed by atoms with Crippen LogP contribution in [0.15, 0.2) is 16.9 Å². The molecule has 1 N–H and O–H groups in total. The molecule has 6 heteroatoms. The molecule has 1 amide bonds. The fourth-order valence-corrected chi connectivity index (χ4v) is 1.49. The van der Waals surface area contributed by atoms with E-state index >= 15 is 0 Å². The van der Waals surface area contributed by atoms with Gasteiger partial charge in [-0.25, -0.2) is 0 Å². The molecule has 0 aliphatic carbocycles. The van der Waals surface area contributed by atoms with Gasteiger partial charge in [0.1, 0.15) is 12.4 Å². The van der Waals surface area contributed by atoms with Gasteiger partial charge in [-0.05, 0) is 13.8 Å². The van der Waals surface area contributed by atoms with Gasteiger partial charge >= 0.3 is 0 Å². The van der Waals surface area contributed by atoms with Crippen LogP contribution in [0.4, 0.5) is 0 Å². The normalized spacial score (nSPS) is 23.2. The third-order valence-corrected chi connectivity index (χ3v) is 2.23. The molecule has 1 aliphatic heterocycles. The second-order valence-electron chi connectivity index (χ2n) is 4.05. The summed E-state index contributed by atoms with van der Waals surface area (Å²) in [5.41, 5.74) is 0.262. The van der Waals surface area contributed by atoms with Crippen molar-refractivity contribution in [1.82, 2.24) is 10.5 Å². The van der Waals surface area contributed by atoms with Crippen LogP contribution in [0.25, 0.3) is 0 Å². The molecule has 0 saturated carbocycles. The Morgan fingerprint density at radius 3 is 3.06 bits per heavy atom. The van der Waals surface area contributed by atoms with Gasteiger partial charge < -0.3 is 19.3 Å². The van der Waals surface area contributed by atoms with Gasteiger partial charge in [0.15, 0.2) is 11.5 Å². The van der Waals surface area contributed by atoms with Gasteiger partial charge in [0, 0.05) is 12.6 Å². The van der Waals surface area contributed by atoms with Crippen LogP contribution in [0, 0.1) is 0 Å². The number of nitrogens with zero attached hydrogens (tertiary/aromatic N) is 1.